The number of phosphoric acid groups is 3. The van der Waals surface area contributed by atoms with Gasteiger partial charge in [-0.15, -0.1) is 5.10 Å². The van der Waals surface area contributed by atoms with Gasteiger partial charge in [-0.25, -0.2) is 37.2 Å². The number of rotatable bonds is 20. The molecule has 2 aliphatic heterocycles. The molecule has 0 saturated carbocycles. The Morgan fingerprint density at radius 3 is 2.16 bits per heavy atom. The number of ether oxygens (including phenoxy) is 3. The van der Waals surface area contributed by atoms with Crippen LogP contribution in [0, 0.1) is 0 Å². The van der Waals surface area contributed by atoms with Gasteiger partial charge in [0.1, 0.15) is 36.6 Å². The average molecular weight is 1070 g/mol. The van der Waals surface area contributed by atoms with Gasteiger partial charge in [0.2, 0.25) is 17.7 Å². The van der Waals surface area contributed by atoms with E-state index in [9.17, 15) is 72.2 Å². The second kappa shape index (κ2) is 19.3. The van der Waals surface area contributed by atoms with Crippen molar-refractivity contribution in [3.05, 3.63) is 39.6 Å². The lowest BCUT2D eigenvalue weighted by Gasteiger charge is -2.20. The van der Waals surface area contributed by atoms with Gasteiger partial charge in [-0.1, -0.05) is 10.2 Å². The van der Waals surface area contributed by atoms with Gasteiger partial charge >= 0.3 is 44.5 Å². The zero-order valence-corrected chi connectivity index (χ0v) is 38.8. The molecular formula is C26H40N14O23P5+. The number of aromatic nitrogens is 11. The molecular weight excluding hydrogens is 1030 g/mol. The number of phosphoric ester groups is 2. The Hall–Kier alpha value is -4.09. The Morgan fingerprint density at radius 2 is 1.49 bits per heavy atom. The van der Waals surface area contributed by atoms with Gasteiger partial charge in [-0.3, -0.25) is 47.0 Å². The number of hydrogen-bond acceptors (Lipinski definition) is 25. The van der Waals surface area contributed by atoms with Gasteiger partial charge in [0.05, 0.1) is 39.3 Å². The maximum Gasteiger partial charge on any atom is 0.488 e. The fourth-order valence-electron chi connectivity index (χ4n) is 6.73. The van der Waals surface area contributed by atoms with Gasteiger partial charge in [-0.2, -0.15) is 13.6 Å². The molecule has 0 aliphatic carbocycles. The van der Waals surface area contributed by atoms with E-state index in [0.717, 1.165) is 10.9 Å². The molecule has 7 unspecified atom stereocenters. The van der Waals surface area contributed by atoms with Crippen LogP contribution in [0.2, 0.25) is 0 Å². The molecule has 0 bridgehead atoms. The Balaban J connectivity index is 0.878. The summed E-state index contributed by atoms with van der Waals surface area (Å²) in [5.74, 6) is -0.564. The Kier molecular flexibility index (Phi) is 14.7. The summed E-state index contributed by atoms with van der Waals surface area (Å²) in [5.41, 5.74) is 8.55. The van der Waals surface area contributed by atoms with Crippen molar-refractivity contribution in [2.75, 3.05) is 38.3 Å². The molecule has 2 fully saturated rings. The Bertz CT molecular complexity index is 3070. The van der Waals surface area contributed by atoms with Crippen molar-refractivity contribution in [3.63, 3.8) is 0 Å². The van der Waals surface area contributed by atoms with Crippen molar-refractivity contribution in [2.24, 2.45) is 7.05 Å². The summed E-state index contributed by atoms with van der Waals surface area (Å²) in [6, 6.07) is 0. The zero-order valence-electron chi connectivity index (χ0n) is 34.3. The maximum absolute atomic E-state index is 12.9. The fourth-order valence-corrected chi connectivity index (χ4v) is 12.8. The van der Waals surface area contributed by atoms with Crippen LogP contribution < -0.4 is 37.7 Å². The molecule has 0 radical (unpaired) electrons. The minimum Gasteiger partial charge on any atom is -0.387 e. The predicted octanol–water partition coefficient (Wildman–Crippen LogP) is -5.08. The Morgan fingerprint density at radius 1 is 0.853 bits per heavy atom. The largest absolute Gasteiger partial charge is 0.488 e. The third-order valence-corrected chi connectivity index (χ3v) is 17.0. The second-order valence-corrected chi connectivity index (χ2v) is 22.5. The monoisotopic (exact) mass is 1070 g/mol. The number of nitrogens with zero attached hydrogens (tertiary/aromatic N) is 9. The summed E-state index contributed by atoms with van der Waals surface area (Å²) in [4.78, 5) is 91.9. The highest BCUT2D eigenvalue weighted by Gasteiger charge is 2.51. The smallest absolute Gasteiger partial charge is 0.387 e. The van der Waals surface area contributed by atoms with E-state index in [-0.39, 0.29) is 34.2 Å². The molecule has 2 aliphatic rings. The van der Waals surface area contributed by atoms with Gasteiger partial charge < -0.3 is 65.5 Å². The number of H-pyrrole nitrogens is 2. The average Bonchev–Trinajstić information content (AvgIpc) is 4.03. The van der Waals surface area contributed by atoms with Crippen LogP contribution in [-0.4, -0.2) is 152 Å². The van der Waals surface area contributed by atoms with Crippen LogP contribution in [-0.2, 0) is 72.6 Å². The van der Waals surface area contributed by atoms with E-state index in [1.54, 1.807) is 0 Å². The Labute approximate surface area is 376 Å². The van der Waals surface area contributed by atoms with Crippen molar-refractivity contribution in [2.45, 2.75) is 55.6 Å². The minimum absolute atomic E-state index is 0.000678. The number of aryl methyl sites for hydroxylation is 1. The molecule has 15 N–H and O–H groups in total. The second-order valence-electron chi connectivity index (χ2n) is 14.4. The number of nitrogens with one attached hydrogen (secondary N) is 3. The highest BCUT2D eigenvalue weighted by molar-refractivity contribution is 7.71. The minimum atomic E-state index is -6.02. The van der Waals surface area contributed by atoms with E-state index < -0.39 is 131 Å². The van der Waals surface area contributed by atoms with Crippen LogP contribution in [0.4, 0.5) is 11.9 Å². The lowest BCUT2D eigenvalue weighted by Crippen LogP contribution is -2.47. The predicted molar refractivity (Wildman–Crippen MR) is 217 cm³/mol. The summed E-state index contributed by atoms with van der Waals surface area (Å²) in [5, 5.41) is 40.5. The quantitative estimate of drug-likeness (QED) is 0.0256. The van der Waals surface area contributed by atoms with Crippen molar-refractivity contribution in [3.8, 4) is 0 Å². The summed E-state index contributed by atoms with van der Waals surface area (Å²) in [6.07, 6.45) is -9.13. The topological polar surface area (TPSA) is 534 Å². The number of aromatic amines is 2. The number of anilines is 2. The van der Waals surface area contributed by atoms with Crippen LogP contribution >= 0.6 is 38.8 Å². The lowest BCUT2D eigenvalue weighted by atomic mass is 10.1. The number of aliphatic hydroxyl groups excluding tert-OH is 3. The maximum atomic E-state index is 12.9. The van der Waals surface area contributed by atoms with E-state index >= 15 is 0 Å². The molecule has 5 aromatic heterocycles. The first-order valence-corrected chi connectivity index (χ1v) is 26.3. The molecule has 0 aromatic carbocycles. The SMILES string of the molecule is CO[C@H]1C(O)[C@@H](COP(=O)(O)OP(=O)(O)OP(=O)(O)c2cn(CCNP(=O)(O)OP(=O)(O)OC[C@H]3O[C@@H](n4cnc5c(=O)[nH]c(N)nc54)[C@@H](O)C3O)nn2)O[C@H]1[n+]1cn(C)c2c(=O)[nH]c(N)nc21. The molecule has 2 saturated heterocycles. The molecule has 7 rings (SSSR count). The lowest BCUT2D eigenvalue weighted by molar-refractivity contribution is -0.746. The number of aliphatic hydroxyl groups is 3. The van der Waals surface area contributed by atoms with Crippen LogP contribution in [0.3, 0.4) is 0 Å². The van der Waals surface area contributed by atoms with E-state index in [1.807, 2.05) is 5.09 Å². The van der Waals surface area contributed by atoms with Gasteiger partial charge in [0.25, 0.3) is 17.1 Å². The van der Waals surface area contributed by atoms with Crippen LogP contribution in [0.15, 0.2) is 28.4 Å². The number of methoxy groups -OCH3 is 1. The fraction of sp³-hybridized carbons (Fsp3) is 0.538. The molecule has 0 amide bonds. The molecule has 42 heteroatoms. The first kappa shape index (κ1) is 51.8. The van der Waals surface area contributed by atoms with E-state index in [0.29, 0.717) is 10.9 Å². The first-order valence-electron chi connectivity index (χ1n) is 18.7. The van der Waals surface area contributed by atoms with Crippen LogP contribution in [0.25, 0.3) is 22.3 Å². The van der Waals surface area contributed by atoms with Gasteiger partial charge in [-0.05, 0) is 0 Å². The molecule has 376 valence electrons. The molecule has 5 aromatic rings. The summed E-state index contributed by atoms with van der Waals surface area (Å²) in [6.45, 7) is -3.25. The van der Waals surface area contributed by atoms with Crippen LogP contribution in [0.1, 0.15) is 12.5 Å². The standard InChI is InChI=1S/C26H39N14O23P5/c1-37-9-40(20-14(37)22(45)34-26(28)32-20)24-18(56-2)16(42)11(60-24)7-58-67(52,53)63-68(54,55)61-64(46,47)12-5-38(36-35-12)4-3-30-65(48,49)62-66(50,51)57-6-10-15(41)17(43)23(59-10)39-8-29-13-19(39)31-25(27)33-21(13)44/h5,8-11,15-18,23-24,41-43H,3-4,6-7H2,1-2H3,(H11-,27,28,30,31,32,33,34,44,45,46,47,48,49,50,51,52,53,54,55)/p+1/t10-,11-,15?,16?,17+,18+,23-,24-/m1/s1. The number of imidazole rings is 2. The normalized spacial score (nSPS) is 27.7. The van der Waals surface area contributed by atoms with Crippen molar-refractivity contribution >= 4 is 78.5 Å². The van der Waals surface area contributed by atoms with Gasteiger partial charge in [0, 0.05) is 13.7 Å². The van der Waals surface area contributed by atoms with Gasteiger partial charge in [0.15, 0.2) is 29.2 Å². The molecule has 37 nitrogen and oxygen atoms in total. The highest BCUT2D eigenvalue weighted by Crippen LogP contribution is 2.67. The highest BCUT2D eigenvalue weighted by atomic mass is 31.3. The molecule has 7 heterocycles. The summed E-state index contributed by atoms with van der Waals surface area (Å²) in [7, 11) is -25.3. The molecule has 68 heavy (non-hydrogen) atoms. The number of hydrogen-bond donors (Lipinski definition) is 13. The number of nitrogen functional groups attached to an aromatic ring is 2. The summed E-state index contributed by atoms with van der Waals surface area (Å²) < 4.78 is 106. The third-order valence-electron chi connectivity index (χ3n) is 9.62. The molecule has 13 atom stereocenters. The molecule has 0 spiro atoms. The zero-order chi connectivity index (χ0) is 49.9. The third kappa shape index (κ3) is 11.2. The van der Waals surface area contributed by atoms with Crippen molar-refractivity contribution in [1.29, 1.82) is 0 Å². The van der Waals surface area contributed by atoms with Crippen molar-refractivity contribution < 1.29 is 103 Å². The van der Waals surface area contributed by atoms with E-state index in [1.165, 1.54) is 29.6 Å². The van der Waals surface area contributed by atoms with E-state index in [2.05, 4.69) is 48.2 Å². The van der Waals surface area contributed by atoms with E-state index in [4.69, 9.17) is 34.7 Å². The van der Waals surface area contributed by atoms with Crippen LogP contribution in [0.5, 0.6) is 0 Å². The number of nitrogens with two attached hydrogens (primary N) is 2. The number of fused-ring (bicyclic) bond motifs is 2. The summed E-state index contributed by atoms with van der Waals surface area (Å²) >= 11 is 0. The van der Waals surface area contributed by atoms with Crippen molar-refractivity contribution in [1.82, 2.24) is 54.1 Å². The first-order chi connectivity index (χ1) is 31.6.